The van der Waals surface area contributed by atoms with Crippen LogP contribution >= 0.6 is 12.4 Å². The van der Waals surface area contributed by atoms with Gasteiger partial charge in [-0.3, -0.25) is 14.5 Å². The lowest BCUT2D eigenvalue weighted by atomic mass is 10.0. The predicted molar refractivity (Wildman–Crippen MR) is 92.1 cm³/mol. The minimum atomic E-state index is -0.377. The van der Waals surface area contributed by atoms with Crippen molar-refractivity contribution in [2.24, 2.45) is 5.73 Å². The highest BCUT2D eigenvalue weighted by atomic mass is 35.5. The van der Waals surface area contributed by atoms with Crippen molar-refractivity contribution in [2.45, 2.75) is 32.2 Å². The Hall–Kier alpha value is -1.57. The zero-order valence-corrected chi connectivity index (χ0v) is 14.9. The van der Waals surface area contributed by atoms with Crippen LogP contribution in [0.3, 0.4) is 0 Å². The third-order valence-electron chi connectivity index (χ3n) is 3.83. The van der Waals surface area contributed by atoms with E-state index in [2.05, 4.69) is 5.32 Å². The molecule has 0 saturated carbocycles. The number of carbonyl (C=O) groups is 2. The molecule has 3 N–H and O–H groups in total. The van der Waals surface area contributed by atoms with Gasteiger partial charge in [0.25, 0.3) is 0 Å². The topological polar surface area (TPSA) is 97.8 Å². The first kappa shape index (κ1) is 20.5. The molecule has 2 atom stereocenters. The number of furan rings is 1. The first-order chi connectivity index (χ1) is 11.0. The van der Waals surface area contributed by atoms with Gasteiger partial charge in [-0.15, -0.1) is 12.4 Å². The number of ether oxygens (including phenoxy) is 1. The first-order valence-electron chi connectivity index (χ1n) is 7.93. The highest BCUT2D eigenvalue weighted by Gasteiger charge is 2.37. The molecule has 1 aliphatic heterocycles. The van der Waals surface area contributed by atoms with Crippen molar-refractivity contribution in [2.75, 3.05) is 32.8 Å². The number of hydrogen-bond donors (Lipinski definition) is 2. The average Bonchev–Trinajstić information content (AvgIpc) is 3.05. The molecule has 1 aromatic rings. The van der Waals surface area contributed by atoms with Crippen LogP contribution in [0, 0.1) is 6.92 Å². The summed E-state index contributed by atoms with van der Waals surface area (Å²) in [4.78, 5) is 25.1. The molecule has 136 valence electrons. The van der Waals surface area contributed by atoms with Crippen LogP contribution in [-0.2, 0) is 14.3 Å². The summed E-state index contributed by atoms with van der Waals surface area (Å²) in [7, 11) is 0. The highest BCUT2D eigenvalue weighted by Crippen LogP contribution is 2.29. The fraction of sp³-hybridized carbons (Fsp3) is 0.625. The second kappa shape index (κ2) is 9.66. The monoisotopic (exact) mass is 359 g/mol. The van der Waals surface area contributed by atoms with E-state index in [1.54, 1.807) is 0 Å². The molecule has 1 aromatic heterocycles. The van der Waals surface area contributed by atoms with E-state index in [0.717, 1.165) is 17.9 Å². The van der Waals surface area contributed by atoms with Crippen molar-refractivity contribution in [1.29, 1.82) is 0 Å². The molecule has 0 bridgehead atoms. The summed E-state index contributed by atoms with van der Waals surface area (Å²) >= 11 is 0. The van der Waals surface area contributed by atoms with E-state index < -0.39 is 0 Å². The quantitative estimate of drug-likeness (QED) is 0.669. The van der Waals surface area contributed by atoms with Crippen LogP contribution in [0.25, 0.3) is 0 Å². The van der Waals surface area contributed by atoms with Crippen LogP contribution in [-0.4, -0.2) is 55.6 Å². The fourth-order valence-electron chi connectivity index (χ4n) is 2.88. The Morgan fingerprint density at radius 3 is 2.75 bits per heavy atom. The molecule has 7 nitrogen and oxygen atoms in total. The lowest BCUT2D eigenvalue weighted by Crippen LogP contribution is -2.42. The number of rotatable bonds is 8. The average molecular weight is 360 g/mol. The Morgan fingerprint density at radius 2 is 2.17 bits per heavy atom. The van der Waals surface area contributed by atoms with Crippen molar-refractivity contribution in [1.82, 2.24) is 10.2 Å². The van der Waals surface area contributed by atoms with Gasteiger partial charge in [-0.2, -0.15) is 0 Å². The lowest BCUT2D eigenvalue weighted by Gasteiger charge is -2.18. The third kappa shape index (κ3) is 5.81. The predicted octanol–water partition coefficient (Wildman–Crippen LogP) is 0.806. The van der Waals surface area contributed by atoms with Crippen LogP contribution in [0.15, 0.2) is 16.5 Å². The number of aryl methyl sites for hydroxylation is 1. The van der Waals surface area contributed by atoms with E-state index in [-0.39, 0.29) is 49.3 Å². The number of hydrogen-bond acceptors (Lipinski definition) is 5. The maximum absolute atomic E-state index is 12.0. The summed E-state index contributed by atoms with van der Waals surface area (Å²) in [5.41, 5.74) is 5.28. The normalized spacial score (nSPS) is 20.6. The molecular weight excluding hydrogens is 334 g/mol. The molecule has 1 fully saturated rings. The van der Waals surface area contributed by atoms with Gasteiger partial charge in [0.2, 0.25) is 11.8 Å². The molecular formula is C16H26ClN3O4. The highest BCUT2D eigenvalue weighted by molar-refractivity contribution is 5.85. The van der Waals surface area contributed by atoms with E-state index in [4.69, 9.17) is 14.9 Å². The number of carbonyl (C=O) groups excluding carboxylic acids is 2. The summed E-state index contributed by atoms with van der Waals surface area (Å²) in [6, 6.07) is 3.69. The van der Waals surface area contributed by atoms with Crippen LogP contribution in [0.1, 0.15) is 30.8 Å². The van der Waals surface area contributed by atoms with E-state index in [9.17, 15) is 9.59 Å². The Labute approximate surface area is 148 Å². The summed E-state index contributed by atoms with van der Waals surface area (Å²) in [6.45, 7) is 5.84. The molecule has 0 unspecified atom stereocenters. The number of likely N-dealkylation sites (tertiary alicyclic amines) is 1. The van der Waals surface area contributed by atoms with E-state index in [1.165, 1.54) is 0 Å². The maximum Gasteiger partial charge on any atom is 0.246 e. The van der Waals surface area contributed by atoms with Gasteiger partial charge >= 0.3 is 0 Å². The van der Waals surface area contributed by atoms with Gasteiger partial charge in [0, 0.05) is 19.7 Å². The van der Waals surface area contributed by atoms with Crippen molar-refractivity contribution >= 4 is 24.2 Å². The Balaban J connectivity index is 0.00000288. The van der Waals surface area contributed by atoms with Gasteiger partial charge in [-0.1, -0.05) is 6.92 Å². The molecule has 1 aliphatic rings. The zero-order chi connectivity index (χ0) is 16.8. The van der Waals surface area contributed by atoms with E-state index in [0.29, 0.717) is 19.7 Å². The van der Waals surface area contributed by atoms with E-state index >= 15 is 0 Å². The smallest absolute Gasteiger partial charge is 0.246 e. The molecule has 0 radical (unpaired) electrons. The second-order valence-electron chi connectivity index (χ2n) is 5.94. The van der Waals surface area contributed by atoms with Crippen LogP contribution in [0.5, 0.6) is 0 Å². The lowest BCUT2D eigenvalue weighted by molar-refractivity contribution is -0.126. The fourth-order valence-corrected chi connectivity index (χ4v) is 2.88. The van der Waals surface area contributed by atoms with Crippen LogP contribution < -0.4 is 11.1 Å². The number of nitrogens with zero attached hydrogens (tertiary/aromatic N) is 1. The van der Waals surface area contributed by atoms with Crippen molar-refractivity contribution in [3.8, 4) is 0 Å². The number of primary amides is 1. The summed E-state index contributed by atoms with van der Waals surface area (Å²) in [6.07, 6.45) is 0.872. The van der Waals surface area contributed by atoms with Gasteiger partial charge in [0.05, 0.1) is 18.5 Å². The minimum absolute atomic E-state index is 0. The van der Waals surface area contributed by atoms with Gasteiger partial charge in [-0.25, -0.2) is 0 Å². The second-order valence-corrected chi connectivity index (χ2v) is 5.94. The van der Waals surface area contributed by atoms with Gasteiger partial charge in [0.1, 0.15) is 18.1 Å². The number of amides is 2. The minimum Gasteiger partial charge on any atom is -0.466 e. The molecule has 1 saturated heterocycles. The molecule has 24 heavy (non-hydrogen) atoms. The molecule has 2 amide bonds. The molecule has 8 heteroatoms. The molecule has 2 heterocycles. The SMILES string of the molecule is CCCOCC(=O)N[C@H]1CN(CC(N)=O)C[C@@H]1c1ccc(C)o1.Cl. The molecule has 0 spiro atoms. The summed E-state index contributed by atoms with van der Waals surface area (Å²) in [5.74, 6) is 1.10. The largest absolute Gasteiger partial charge is 0.466 e. The first-order valence-corrected chi connectivity index (χ1v) is 7.93. The Morgan fingerprint density at radius 1 is 1.42 bits per heavy atom. The van der Waals surface area contributed by atoms with Gasteiger partial charge in [0.15, 0.2) is 0 Å². The summed E-state index contributed by atoms with van der Waals surface area (Å²) < 4.78 is 11.0. The van der Waals surface area contributed by atoms with E-state index in [1.807, 2.05) is 30.9 Å². The number of halogens is 1. The summed E-state index contributed by atoms with van der Waals surface area (Å²) in [5, 5.41) is 2.98. The van der Waals surface area contributed by atoms with Gasteiger partial charge < -0.3 is 20.2 Å². The standard InChI is InChI=1S/C16H25N3O4.ClH/c1-3-6-22-10-16(21)18-13-8-19(9-15(17)20)7-12(13)14-5-4-11(2)23-14;/h4-5,12-13H,3,6-10H2,1-2H3,(H2,17,20)(H,18,21);1H/t12-,13-;/m0./s1. The third-order valence-corrected chi connectivity index (χ3v) is 3.83. The number of nitrogens with one attached hydrogen (secondary N) is 1. The van der Waals surface area contributed by atoms with Crippen LogP contribution in [0.4, 0.5) is 0 Å². The molecule has 0 aliphatic carbocycles. The Bertz CT molecular complexity index is 549. The number of nitrogens with two attached hydrogens (primary N) is 1. The molecule has 0 aromatic carbocycles. The van der Waals surface area contributed by atoms with Crippen LogP contribution in [0.2, 0.25) is 0 Å². The Kier molecular flexibility index (Phi) is 8.24. The zero-order valence-electron chi connectivity index (χ0n) is 14.1. The maximum atomic E-state index is 12.0. The van der Waals surface area contributed by atoms with Crippen molar-refractivity contribution in [3.05, 3.63) is 23.7 Å². The molecule has 2 rings (SSSR count). The van der Waals surface area contributed by atoms with Crippen molar-refractivity contribution in [3.63, 3.8) is 0 Å². The van der Waals surface area contributed by atoms with Gasteiger partial charge in [-0.05, 0) is 25.5 Å². The van der Waals surface area contributed by atoms with Crippen molar-refractivity contribution < 1.29 is 18.7 Å².